The Morgan fingerprint density at radius 2 is 2.05 bits per heavy atom. The summed E-state index contributed by atoms with van der Waals surface area (Å²) in [6.07, 6.45) is 2.93. The van der Waals surface area contributed by atoms with Crippen LogP contribution in [0.2, 0.25) is 0 Å². The normalized spacial score (nSPS) is 14.1. The zero-order valence-corrected chi connectivity index (χ0v) is 12.8. The molecule has 1 aromatic rings. The van der Waals surface area contributed by atoms with Crippen molar-refractivity contribution >= 4 is 0 Å². The number of pyridine rings is 1. The lowest BCUT2D eigenvalue weighted by molar-refractivity contribution is 0.0326. The summed E-state index contributed by atoms with van der Waals surface area (Å²) in [7, 11) is 3.12. The van der Waals surface area contributed by atoms with Gasteiger partial charge in [0.05, 0.1) is 19.4 Å². The molecule has 1 heterocycles. The van der Waals surface area contributed by atoms with Crippen molar-refractivity contribution in [1.82, 2.24) is 4.98 Å². The Labute approximate surface area is 120 Å². The number of ether oxygens (including phenoxy) is 2. The number of aryl methyl sites for hydroxylation is 1. The molecule has 1 unspecified atom stereocenters. The van der Waals surface area contributed by atoms with Crippen molar-refractivity contribution in [1.29, 1.82) is 0 Å². The summed E-state index contributed by atoms with van der Waals surface area (Å²) in [4.78, 5) is 4.35. The van der Waals surface area contributed by atoms with E-state index >= 15 is 0 Å². The van der Waals surface area contributed by atoms with E-state index in [1.807, 2.05) is 13.8 Å². The molecule has 0 aliphatic carbocycles. The summed E-state index contributed by atoms with van der Waals surface area (Å²) in [5, 5.41) is 0. The summed E-state index contributed by atoms with van der Waals surface area (Å²) in [5.41, 5.74) is 6.59. The molecule has 0 radical (unpaired) electrons. The minimum atomic E-state index is -1.44. The van der Waals surface area contributed by atoms with Crippen molar-refractivity contribution < 1.29 is 13.9 Å². The number of hydrogen-bond donors (Lipinski definition) is 1. The first-order valence-corrected chi connectivity index (χ1v) is 6.84. The maximum Gasteiger partial charge on any atom is 0.139 e. The molecule has 0 spiro atoms. The van der Waals surface area contributed by atoms with Crippen LogP contribution in [0.15, 0.2) is 6.20 Å². The molecular formula is C15H25FN2O2. The SMILES string of the molecule is COCC(F)(CCCN)Cc1ncc(C)c(OC)c1C. The van der Waals surface area contributed by atoms with Crippen LogP contribution in [-0.2, 0) is 11.2 Å². The molecule has 1 atom stereocenters. The van der Waals surface area contributed by atoms with Crippen LogP contribution in [0.4, 0.5) is 4.39 Å². The number of hydrogen-bond acceptors (Lipinski definition) is 4. The molecule has 114 valence electrons. The third-order valence-electron chi connectivity index (χ3n) is 3.47. The summed E-state index contributed by atoms with van der Waals surface area (Å²) in [6.45, 7) is 4.35. The van der Waals surface area contributed by atoms with Crippen molar-refractivity contribution in [3.63, 3.8) is 0 Å². The van der Waals surface area contributed by atoms with E-state index in [4.69, 9.17) is 15.2 Å². The van der Waals surface area contributed by atoms with E-state index in [0.717, 1.165) is 16.9 Å². The minimum Gasteiger partial charge on any atom is -0.496 e. The van der Waals surface area contributed by atoms with Crippen molar-refractivity contribution in [2.75, 3.05) is 27.4 Å². The molecule has 4 nitrogen and oxygen atoms in total. The van der Waals surface area contributed by atoms with Gasteiger partial charge in [-0.1, -0.05) is 0 Å². The van der Waals surface area contributed by atoms with Crippen molar-refractivity contribution in [2.45, 2.75) is 38.8 Å². The van der Waals surface area contributed by atoms with Gasteiger partial charge in [-0.25, -0.2) is 4.39 Å². The lowest BCUT2D eigenvalue weighted by atomic mass is 9.92. The number of aromatic nitrogens is 1. The van der Waals surface area contributed by atoms with Gasteiger partial charge in [0.1, 0.15) is 11.4 Å². The molecule has 0 fully saturated rings. The largest absolute Gasteiger partial charge is 0.496 e. The Hall–Kier alpha value is -1.20. The van der Waals surface area contributed by atoms with E-state index in [1.165, 1.54) is 7.11 Å². The van der Waals surface area contributed by atoms with Gasteiger partial charge in [-0.15, -0.1) is 0 Å². The number of rotatable bonds is 8. The van der Waals surface area contributed by atoms with Crippen LogP contribution >= 0.6 is 0 Å². The van der Waals surface area contributed by atoms with E-state index in [-0.39, 0.29) is 13.0 Å². The van der Waals surface area contributed by atoms with Gasteiger partial charge in [-0.2, -0.15) is 0 Å². The topological polar surface area (TPSA) is 57.4 Å². The predicted molar refractivity (Wildman–Crippen MR) is 78.0 cm³/mol. The standard InChI is InChI=1S/C15H25FN2O2/c1-11-9-18-13(12(2)14(11)20-4)8-15(16,10-19-3)6-5-7-17/h9H,5-8,10,17H2,1-4H3. The van der Waals surface area contributed by atoms with Crippen LogP contribution in [0.25, 0.3) is 0 Å². The maximum atomic E-state index is 14.9. The smallest absolute Gasteiger partial charge is 0.139 e. The van der Waals surface area contributed by atoms with Crippen LogP contribution in [0.3, 0.4) is 0 Å². The highest BCUT2D eigenvalue weighted by Crippen LogP contribution is 2.29. The molecule has 0 saturated carbocycles. The van der Waals surface area contributed by atoms with E-state index in [1.54, 1.807) is 13.3 Å². The molecule has 0 aromatic carbocycles. The molecule has 1 rings (SSSR count). The average molecular weight is 284 g/mol. The molecule has 0 amide bonds. The molecule has 2 N–H and O–H groups in total. The molecule has 0 saturated heterocycles. The number of alkyl halides is 1. The second-order valence-corrected chi connectivity index (χ2v) is 5.20. The van der Waals surface area contributed by atoms with Gasteiger partial charge in [-0.05, 0) is 33.2 Å². The summed E-state index contributed by atoms with van der Waals surface area (Å²) in [6, 6.07) is 0. The number of nitrogens with zero attached hydrogens (tertiary/aromatic N) is 1. The van der Waals surface area contributed by atoms with E-state index in [0.29, 0.717) is 25.1 Å². The van der Waals surface area contributed by atoms with Crippen LogP contribution in [0.5, 0.6) is 5.75 Å². The molecular weight excluding hydrogens is 259 g/mol. The van der Waals surface area contributed by atoms with Crippen molar-refractivity contribution in [3.8, 4) is 5.75 Å². The Kier molecular flexibility index (Phi) is 6.36. The van der Waals surface area contributed by atoms with Crippen LogP contribution in [0.1, 0.15) is 29.7 Å². The second-order valence-electron chi connectivity index (χ2n) is 5.20. The minimum absolute atomic E-state index is 0.0459. The summed E-state index contributed by atoms with van der Waals surface area (Å²) in [5.74, 6) is 0.772. The first-order chi connectivity index (χ1) is 9.47. The van der Waals surface area contributed by atoms with Crippen LogP contribution < -0.4 is 10.5 Å². The van der Waals surface area contributed by atoms with Crippen molar-refractivity contribution in [3.05, 3.63) is 23.0 Å². The molecule has 0 bridgehead atoms. The second kappa shape index (κ2) is 7.55. The fourth-order valence-corrected chi connectivity index (χ4v) is 2.44. The Morgan fingerprint density at radius 3 is 2.60 bits per heavy atom. The van der Waals surface area contributed by atoms with E-state index in [2.05, 4.69) is 4.98 Å². The highest BCUT2D eigenvalue weighted by Gasteiger charge is 2.31. The fraction of sp³-hybridized carbons (Fsp3) is 0.667. The lowest BCUT2D eigenvalue weighted by Gasteiger charge is -2.25. The fourth-order valence-electron chi connectivity index (χ4n) is 2.44. The Balaban J connectivity index is 2.99. The third-order valence-corrected chi connectivity index (χ3v) is 3.47. The quantitative estimate of drug-likeness (QED) is 0.796. The van der Waals surface area contributed by atoms with Gasteiger partial charge in [-0.3, -0.25) is 4.98 Å². The Morgan fingerprint density at radius 1 is 1.35 bits per heavy atom. The highest BCUT2D eigenvalue weighted by atomic mass is 19.1. The van der Waals surface area contributed by atoms with E-state index < -0.39 is 5.67 Å². The van der Waals surface area contributed by atoms with Gasteiger partial charge < -0.3 is 15.2 Å². The first-order valence-electron chi connectivity index (χ1n) is 6.84. The average Bonchev–Trinajstić information content (AvgIpc) is 2.41. The van der Waals surface area contributed by atoms with Gasteiger partial charge in [0.15, 0.2) is 0 Å². The highest BCUT2D eigenvalue weighted by molar-refractivity contribution is 5.41. The summed E-state index contributed by atoms with van der Waals surface area (Å²) < 4.78 is 25.3. The monoisotopic (exact) mass is 284 g/mol. The van der Waals surface area contributed by atoms with Gasteiger partial charge in [0, 0.05) is 30.9 Å². The molecule has 20 heavy (non-hydrogen) atoms. The zero-order valence-electron chi connectivity index (χ0n) is 12.8. The zero-order chi connectivity index (χ0) is 15.2. The van der Waals surface area contributed by atoms with Crippen LogP contribution in [-0.4, -0.2) is 38.0 Å². The molecule has 5 heteroatoms. The van der Waals surface area contributed by atoms with Gasteiger partial charge >= 0.3 is 0 Å². The third kappa shape index (κ3) is 4.15. The number of halogens is 1. The van der Waals surface area contributed by atoms with Gasteiger partial charge in [0.25, 0.3) is 0 Å². The van der Waals surface area contributed by atoms with Crippen molar-refractivity contribution in [2.24, 2.45) is 5.73 Å². The molecule has 0 aliphatic heterocycles. The molecule has 0 aliphatic rings. The van der Waals surface area contributed by atoms with E-state index in [9.17, 15) is 4.39 Å². The Bertz CT molecular complexity index is 440. The summed E-state index contributed by atoms with van der Waals surface area (Å²) >= 11 is 0. The molecule has 1 aromatic heterocycles. The number of methoxy groups -OCH3 is 2. The first kappa shape index (κ1) is 16.9. The van der Waals surface area contributed by atoms with Gasteiger partial charge in [0.2, 0.25) is 0 Å². The van der Waals surface area contributed by atoms with Crippen LogP contribution in [0, 0.1) is 13.8 Å². The lowest BCUT2D eigenvalue weighted by Crippen LogP contribution is -2.33. The predicted octanol–water partition coefficient (Wildman–Crippen LogP) is 2.34. The number of nitrogens with two attached hydrogens (primary N) is 1. The maximum absolute atomic E-state index is 14.9.